The summed E-state index contributed by atoms with van der Waals surface area (Å²) in [5, 5.41) is 5.40. The van der Waals surface area contributed by atoms with E-state index in [1.165, 1.54) is 14.2 Å². The van der Waals surface area contributed by atoms with Crippen LogP contribution in [0.15, 0.2) is 110 Å². The van der Waals surface area contributed by atoms with Gasteiger partial charge in [-0.15, -0.1) is 0 Å². The second-order valence-electron chi connectivity index (χ2n) is 15.3. The van der Waals surface area contributed by atoms with Crippen LogP contribution in [0.3, 0.4) is 0 Å². The van der Waals surface area contributed by atoms with Gasteiger partial charge in [0, 0.05) is 49.7 Å². The number of aromatic nitrogens is 6. The Morgan fingerprint density at radius 2 is 1.00 bits per heavy atom. The van der Waals surface area contributed by atoms with Crippen molar-refractivity contribution in [3.63, 3.8) is 0 Å². The first-order valence-electron chi connectivity index (χ1n) is 20.7. The highest BCUT2D eigenvalue weighted by molar-refractivity contribution is 5.87. The fourth-order valence-corrected chi connectivity index (χ4v) is 8.28. The third-order valence-electron chi connectivity index (χ3n) is 11.4. The van der Waals surface area contributed by atoms with Crippen molar-refractivity contribution in [2.24, 2.45) is 0 Å². The molecule has 2 fully saturated rings. The fraction of sp³-hybridized carbons (Fsp3) is 0.304. The minimum absolute atomic E-state index is 0.213. The SMILES string of the molecule is COC(=O)N[C@@H](Cc1ccccn1)C(=O)N1CCC[C@H]1c1ncc(-c2ccc(-c3ccc(-c4cnc([C@@H]5CCCN5C(=O)[C@H](Cc5ccccn5)NC(=O)OC)[nH]4)cc3)cc2)[nH]1. The molecule has 8 rings (SSSR count). The lowest BCUT2D eigenvalue weighted by molar-refractivity contribution is -0.135. The Bertz CT molecular complexity index is 2300. The zero-order chi connectivity index (χ0) is 43.0. The van der Waals surface area contributed by atoms with Gasteiger partial charge in [0.1, 0.15) is 23.7 Å². The van der Waals surface area contributed by atoms with Gasteiger partial charge in [-0.05, 0) is 72.2 Å². The quantitative estimate of drug-likeness (QED) is 0.104. The van der Waals surface area contributed by atoms with Crippen molar-refractivity contribution in [2.45, 2.75) is 62.7 Å². The van der Waals surface area contributed by atoms with Crippen LogP contribution in [0, 0.1) is 0 Å². The normalized spacial score (nSPS) is 17.0. The molecule has 16 heteroatoms. The van der Waals surface area contributed by atoms with Crippen LogP contribution in [0.1, 0.15) is 60.8 Å². The molecule has 6 heterocycles. The molecule has 0 spiro atoms. The third-order valence-corrected chi connectivity index (χ3v) is 11.4. The molecule has 6 aromatic rings. The van der Waals surface area contributed by atoms with Gasteiger partial charge in [0.2, 0.25) is 11.8 Å². The lowest BCUT2D eigenvalue weighted by Gasteiger charge is -2.28. The molecular weight excluding hydrogens is 789 g/mol. The van der Waals surface area contributed by atoms with Crippen molar-refractivity contribution < 1.29 is 28.7 Å². The van der Waals surface area contributed by atoms with Gasteiger partial charge < -0.3 is 39.9 Å². The van der Waals surface area contributed by atoms with Crippen LogP contribution >= 0.6 is 0 Å². The standard InChI is InChI=1S/C46H48N10O6/c1-61-45(59)53-35(25-33-9-3-5-21-47-33)43(57)55-23-7-11-39(55)41-49-27-37(51-41)31-17-13-29(14-18-31)30-15-19-32(20-16-30)38-28-50-42(52-38)40-12-8-24-56(40)44(58)36(54-46(60)62-2)26-34-10-4-6-22-48-34/h3-6,9-10,13-22,27-28,35-36,39-40H,7-8,11-12,23-26H2,1-2H3,(H,49,51)(H,50,52)(H,53,59)(H,54,60)/t35-,36-,39-,40-/m0/s1. The summed E-state index contributed by atoms with van der Waals surface area (Å²) in [5.74, 6) is 0.953. The number of carbonyl (C=O) groups is 4. The predicted octanol–water partition coefficient (Wildman–Crippen LogP) is 6.19. The van der Waals surface area contributed by atoms with E-state index >= 15 is 0 Å². The minimum Gasteiger partial charge on any atom is -0.453 e. The number of methoxy groups -OCH3 is 2. The topological polar surface area (TPSA) is 200 Å². The number of carbonyl (C=O) groups excluding carboxylic acids is 4. The summed E-state index contributed by atoms with van der Waals surface area (Å²) >= 11 is 0. The molecule has 0 aliphatic carbocycles. The fourth-order valence-electron chi connectivity index (χ4n) is 8.28. The number of pyridine rings is 2. The minimum atomic E-state index is -0.840. The number of rotatable bonds is 13. The van der Waals surface area contributed by atoms with Crippen LogP contribution in [0.25, 0.3) is 33.6 Å². The zero-order valence-electron chi connectivity index (χ0n) is 34.5. The Balaban J connectivity index is 0.913. The van der Waals surface area contributed by atoms with Crippen LogP contribution in [-0.2, 0) is 31.9 Å². The van der Waals surface area contributed by atoms with Crippen molar-refractivity contribution in [1.29, 1.82) is 0 Å². The number of alkyl carbamates (subject to hydrolysis) is 2. The molecule has 0 saturated carbocycles. The Labute approximate surface area is 358 Å². The van der Waals surface area contributed by atoms with Crippen molar-refractivity contribution in [3.8, 4) is 33.6 Å². The van der Waals surface area contributed by atoms with E-state index in [1.54, 1.807) is 46.7 Å². The van der Waals surface area contributed by atoms with Crippen molar-refractivity contribution >= 4 is 24.0 Å². The first-order valence-corrected chi connectivity index (χ1v) is 20.7. The summed E-state index contributed by atoms with van der Waals surface area (Å²) < 4.78 is 9.65. The van der Waals surface area contributed by atoms with Crippen LogP contribution in [0.2, 0.25) is 0 Å². The number of hydrogen-bond acceptors (Lipinski definition) is 10. The maximum atomic E-state index is 13.9. The molecule has 318 valence electrons. The monoisotopic (exact) mass is 836 g/mol. The second kappa shape index (κ2) is 18.9. The molecule has 4 aromatic heterocycles. The highest BCUT2D eigenvalue weighted by atomic mass is 16.5. The largest absolute Gasteiger partial charge is 0.453 e. The van der Waals surface area contributed by atoms with E-state index in [0.29, 0.717) is 36.1 Å². The number of ether oxygens (including phenoxy) is 2. The average molecular weight is 837 g/mol. The number of nitrogens with zero attached hydrogens (tertiary/aromatic N) is 6. The number of hydrogen-bond donors (Lipinski definition) is 4. The molecule has 62 heavy (non-hydrogen) atoms. The van der Waals surface area contributed by atoms with Gasteiger partial charge in [-0.25, -0.2) is 19.6 Å². The summed E-state index contributed by atoms with van der Waals surface area (Å²) in [4.78, 5) is 80.8. The van der Waals surface area contributed by atoms with Gasteiger partial charge in [0.05, 0.1) is 50.1 Å². The van der Waals surface area contributed by atoms with Crippen LogP contribution < -0.4 is 10.6 Å². The lowest BCUT2D eigenvalue weighted by atomic mass is 10.0. The summed E-state index contributed by atoms with van der Waals surface area (Å²) in [6, 6.07) is 25.1. The smallest absolute Gasteiger partial charge is 0.407 e. The molecule has 0 bridgehead atoms. The predicted molar refractivity (Wildman–Crippen MR) is 229 cm³/mol. The highest BCUT2D eigenvalue weighted by Gasteiger charge is 2.38. The highest BCUT2D eigenvalue weighted by Crippen LogP contribution is 2.35. The first kappa shape index (κ1) is 41.4. The van der Waals surface area contributed by atoms with Crippen LogP contribution in [0.5, 0.6) is 0 Å². The number of H-pyrrole nitrogens is 2. The Hall–Kier alpha value is -7.36. The molecule has 4 atom stereocenters. The number of benzene rings is 2. The molecule has 2 aliphatic rings. The van der Waals surface area contributed by atoms with Crippen LogP contribution in [-0.4, -0.2) is 103 Å². The van der Waals surface area contributed by atoms with Gasteiger partial charge in [-0.2, -0.15) is 0 Å². The van der Waals surface area contributed by atoms with Gasteiger partial charge in [-0.3, -0.25) is 19.6 Å². The number of imidazole rings is 2. The van der Waals surface area contributed by atoms with E-state index < -0.39 is 24.3 Å². The average Bonchev–Trinajstić information content (AvgIpc) is 4.16. The zero-order valence-corrected chi connectivity index (χ0v) is 34.5. The number of likely N-dealkylation sites (tertiary alicyclic amines) is 2. The Morgan fingerprint density at radius 1 is 0.597 bits per heavy atom. The van der Waals surface area contributed by atoms with E-state index in [-0.39, 0.29) is 36.7 Å². The van der Waals surface area contributed by atoms with Gasteiger partial charge >= 0.3 is 12.2 Å². The van der Waals surface area contributed by atoms with Crippen molar-refractivity contribution in [1.82, 2.24) is 50.3 Å². The van der Waals surface area contributed by atoms with E-state index in [9.17, 15) is 19.2 Å². The molecule has 4 N–H and O–H groups in total. The lowest BCUT2D eigenvalue weighted by Crippen LogP contribution is -2.49. The van der Waals surface area contributed by atoms with E-state index in [2.05, 4.69) is 54.8 Å². The summed E-state index contributed by atoms with van der Waals surface area (Å²) in [6.45, 7) is 1.09. The second-order valence-corrected chi connectivity index (χ2v) is 15.3. The molecule has 4 amide bonds. The van der Waals surface area contributed by atoms with Gasteiger partial charge in [-0.1, -0.05) is 60.7 Å². The molecular formula is C46H48N10O6. The van der Waals surface area contributed by atoms with Gasteiger partial charge in [0.25, 0.3) is 0 Å². The summed E-state index contributed by atoms with van der Waals surface area (Å²) in [5.41, 5.74) is 7.02. The summed E-state index contributed by atoms with van der Waals surface area (Å²) in [6.07, 6.45) is 9.11. The number of aromatic amines is 2. The molecule has 0 unspecified atom stereocenters. The maximum Gasteiger partial charge on any atom is 0.407 e. The third kappa shape index (κ3) is 9.33. The molecule has 2 saturated heterocycles. The van der Waals surface area contributed by atoms with E-state index in [0.717, 1.165) is 59.3 Å². The molecule has 2 aromatic carbocycles. The van der Waals surface area contributed by atoms with Crippen LogP contribution in [0.4, 0.5) is 9.59 Å². The molecule has 0 radical (unpaired) electrons. The number of amides is 4. The number of nitrogens with one attached hydrogen (secondary N) is 4. The molecule has 2 aliphatic heterocycles. The van der Waals surface area contributed by atoms with E-state index in [1.807, 2.05) is 48.5 Å². The summed E-state index contributed by atoms with van der Waals surface area (Å²) in [7, 11) is 2.55. The maximum absolute atomic E-state index is 13.9. The van der Waals surface area contributed by atoms with Crippen molar-refractivity contribution in [3.05, 3.63) is 133 Å². The van der Waals surface area contributed by atoms with E-state index in [4.69, 9.17) is 19.4 Å². The first-order chi connectivity index (χ1) is 30.3. The Kier molecular flexibility index (Phi) is 12.6. The Morgan fingerprint density at radius 3 is 1.37 bits per heavy atom. The van der Waals surface area contributed by atoms with Gasteiger partial charge in [0.15, 0.2) is 0 Å². The molecule has 16 nitrogen and oxygen atoms in total. The van der Waals surface area contributed by atoms with Crippen molar-refractivity contribution in [2.75, 3.05) is 27.3 Å².